The standard InChI is InChI=1S/C4H7NO.C4H9NO.C3H7NO/c6-4-2-1-3-5-4;1-4(6)5(2)3;1-4(2)3-5/h1-3H2,(H,5,6);1-3H3;3H,1-2H3. The highest BCUT2D eigenvalue weighted by Crippen LogP contribution is 1.93. The van der Waals surface area contributed by atoms with Gasteiger partial charge < -0.3 is 15.1 Å². The van der Waals surface area contributed by atoms with Gasteiger partial charge in [0.15, 0.2) is 0 Å². The lowest BCUT2D eigenvalue weighted by molar-refractivity contribution is -0.126. The Hall–Kier alpha value is -1.59. The predicted octanol–water partition coefficient (Wildman–Crippen LogP) is -0.305. The molecule has 0 spiro atoms. The number of rotatable bonds is 1. The van der Waals surface area contributed by atoms with Crippen LogP contribution in [0.15, 0.2) is 0 Å². The van der Waals surface area contributed by atoms with Crippen molar-refractivity contribution in [1.82, 2.24) is 15.1 Å². The van der Waals surface area contributed by atoms with Gasteiger partial charge in [-0.3, -0.25) is 14.4 Å². The van der Waals surface area contributed by atoms with E-state index in [1.807, 2.05) is 0 Å². The molecule has 0 atom stereocenters. The van der Waals surface area contributed by atoms with Crippen molar-refractivity contribution in [3.8, 4) is 0 Å². The molecule has 17 heavy (non-hydrogen) atoms. The molecule has 0 bridgehead atoms. The van der Waals surface area contributed by atoms with Crippen molar-refractivity contribution < 1.29 is 14.4 Å². The minimum absolute atomic E-state index is 0.0926. The van der Waals surface area contributed by atoms with Gasteiger partial charge in [-0.1, -0.05) is 0 Å². The highest BCUT2D eigenvalue weighted by Gasteiger charge is 2.05. The molecule has 0 aliphatic carbocycles. The van der Waals surface area contributed by atoms with Gasteiger partial charge in [0, 0.05) is 48.1 Å². The first-order chi connectivity index (χ1) is 7.81. The average Bonchev–Trinajstić information content (AvgIpc) is 2.70. The second-order valence-corrected chi connectivity index (χ2v) is 3.94. The van der Waals surface area contributed by atoms with Gasteiger partial charge in [0.25, 0.3) is 0 Å². The first kappa shape index (κ1) is 17.8. The van der Waals surface area contributed by atoms with Crippen LogP contribution in [0.5, 0.6) is 0 Å². The van der Waals surface area contributed by atoms with E-state index in [-0.39, 0.29) is 11.8 Å². The zero-order chi connectivity index (χ0) is 13.8. The molecule has 1 rings (SSSR count). The van der Waals surface area contributed by atoms with Gasteiger partial charge in [0.1, 0.15) is 0 Å². The number of carbonyl (C=O) groups excluding carboxylic acids is 3. The van der Waals surface area contributed by atoms with Crippen LogP contribution in [0.3, 0.4) is 0 Å². The van der Waals surface area contributed by atoms with Crippen LogP contribution in [-0.2, 0) is 14.4 Å². The van der Waals surface area contributed by atoms with E-state index >= 15 is 0 Å². The summed E-state index contributed by atoms with van der Waals surface area (Å²) in [4.78, 5) is 32.6. The summed E-state index contributed by atoms with van der Waals surface area (Å²) in [6, 6.07) is 0. The average molecular weight is 245 g/mol. The quantitative estimate of drug-likeness (QED) is 0.645. The van der Waals surface area contributed by atoms with E-state index in [4.69, 9.17) is 0 Å². The second-order valence-electron chi connectivity index (χ2n) is 3.94. The van der Waals surface area contributed by atoms with Crippen LogP contribution in [0.2, 0.25) is 0 Å². The van der Waals surface area contributed by atoms with Crippen molar-refractivity contribution in [1.29, 1.82) is 0 Å². The summed E-state index contributed by atoms with van der Waals surface area (Å²) in [5, 5.41) is 2.68. The van der Waals surface area contributed by atoms with Gasteiger partial charge in [-0.25, -0.2) is 0 Å². The van der Waals surface area contributed by atoms with Crippen LogP contribution in [0.1, 0.15) is 19.8 Å². The van der Waals surface area contributed by atoms with Gasteiger partial charge in [-0.2, -0.15) is 0 Å². The zero-order valence-electron chi connectivity index (χ0n) is 11.3. The minimum atomic E-state index is 0.0926. The molecule has 1 aliphatic rings. The second kappa shape index (κ2) is 10.9. The number of hydrogen-bond acceptors (Lipinski definition) is 3. The summed E-state index contributed by atoms with van der Waals surface area (Å²) in [7, 11) is 6.82. The van der Waals surface area contributed by atoms with Gasteiger partial charge in [0.2, 0.25) is 18.2 Å². The Balaban J connectivity index is 0. The maximum atomic E-state index is 10.1. The molecule has 1 heterocycles. The molecule has 1 aliphatic heterocycles. The molecule has 0 aromatic carbocycles. The molecule has 0 unspecified atom stereocenters. The van der Waals surface area contributed by atoms with Crippen molar-refractivity contribution in [2.24, 2.45) is 0 Å². The van der Waals surface area contributed by atoms with Crippen molar-refractivity contribution in [2.45, 2.75) is 19.8 Å². The zero-order valence-corrected chi connectivity index (χ0v) is 11.3. The molecule has 100 valence electrons. The molecule has 0 saturated carbocycles. The minimum Gasteiger partial charge on any atom is -0.356 e. The van der Waals surface area contributed by atoms with Crippen LogP contribution < -0.4 is 5.32 Å². The van der Waals surface area contributed by atoms with Gasteiger partial charge >= 0.3 is 0 Å². The lowest BCUT2D eigenvalue weighted by Crippen LogP contribution is -2.17. The third-order valence-electron chi connectivity index (χ3n) is 1.74. The van der Waals surface area contributed by atoms with Gasteiger partial charge in [-0.05, 0) is 6.42 Å². The van der Waals surface area contributed by atoms with Gasteiger partial charge in [0.05, 0.1) is 0 Å². The number of nitrogens with zero attached hydrogens (tertiary/aromatic N) is 2. The molecule has 1 saturated heterocycles. The van der Waals surface area contributed by atoms with Gasteiger partial charge in [-0.15, -0.1) is 0 Å². The summed E-state index contributed by atoms with van der Waals surface area (Å²) in [5.74, 6) is 0.296. The number of carbonyl (C=O) groups is 3. The predicted molar refractivity (Wildman–Crippen MR) is 66.4 cm³/mol. The molecule has 6 nitrogen and oxygen atoms in total. The molecule has 1 N–H and O–H groups in total. The molecular formula is C11H23N3O3. The molecule has 0 aromatic heterocycles. The topological polar surface area (TPSA) is 69.7 Å². The fourth-order valence-corrected chi connectivity index (χ4v) is 0.565. The molecule has 0 radical (unpaired) electrons. The SMILES string of the molecule is CC(=O)N(C)C.CN(C)C=O.O=C1CCCN1. The van der Waals surface area contributed by atoms with Crippen LogP contribution >= 0.6 is 0 Å². The number of amides is 3. The van der Waals surface area contributed by atoms with Crippen LogP contribution in [-0.4, -0.2) is 62.8 Å². The fourth-order valence-electron chi connectivity index (χ4n) is 0.565. The Morgan fingerprint density at radius 2 is 1.71 bits per heavy atom. The van der Waals surface area contributed by atoms with E-state index in [1.165, 1.54) is 16.7 Å². The highest BCUT2D eigenvalue weighted by atomic mass is 16.2. The Labute approximate surface area is 103 Å². The summed E-state index contributed by atoms with van der Waals surface area (Å²) in [6.45, 7) is 2.42. The van der Waals surface area contributed by atoms with E-state index in [0.29, 0.717) is 0 Å². The Kier molecular flexibility index (Phi) is 11.4. The highest BCUT2D eigenvalue weighted by molar-refractivity contribution is 5.77. The molecule has 0 aromatic rings. The first-order valence-electron chi connectivity index (χ1n) is 5.37. The number of hydrogen-bond donors (Lipinski definition) is 1. The lowest BCUT2D eigenvalue weighted by atomic mass is 10.4. The largest absolute Gasteiger partial charge is 0.356 e. The summed E-state index contributed by atoms with van der Waals surface area (Å²) in [5.41, 5.74) is 0. The van der Waals surface area contributed by atoms with Crippen LogP contribution in [0.4, 0.5) is 0 Å². The van der Waals surface area contributed by atoms with E-state index in [9.17, 15) is 14.4 Å². The van der Waals surface area contributed by atoms with E-state index < -0.39 is 0 Å². The van der Waals surface area contributed by atoms with E-state index in [1.54, 1.807) is 28.2 Å². The van der Waals surface area contributed by atoms with Crippen molar-refractivity contribution in [3.63, 3.8) is 0 Å². The van der Waals surface area contributed by atoms with Crippen molar-refractivity contribution in [2.75, 3.05) is 34.7 Å². The van der Waals surface area contributed by atoms with Crippen molar-refractivity contribution >= 4 is 18.2 Å². The fraction of sp³-hybridized carbons (Fsp3) is 0.727. The smallest absolute Gasteiger partial charge is 0.220 e. The summed E-state index contributed by atoms with van der Waals surface area (Å²) < 4.78 is 0. The van der Waals surface area contributed by atoms with Crippen LogP contribution in [0.25, 0.3) is 0 Å². The Bertz CT molecular complexity index is 230. The Morgan fingerprint density at radius 3 is 1.76 bits per heavy atom. The normalized spacial score (nSPS) is 12.2. The molecule has 1 fully saturated rings. The molecular weight excluding hydrogens is 222 g/mol. The monoisotopic (exact) mass is 245 g/mol. The molecule has 6 heteroatoms. The van der Waals surface area contributed by atoms with E-state index in [2.05, 4.69) is 5.32 Å². The molecule has 3 amide bonds. The summed E-state index contributed by atoms with van der Waals surface area (Å²) >= 11 is 0. The Morgan fingerprint density at radius 1 is 1.29 bits per heavy atom. The number of nitrogens with one attached hydrogen (secondary N) is 1. The van der Waals surface area contributed by atoms with Crippen molar-refractivity contribution in [3.05, 3.63) is 0 Å². The van der Waals surface area contributed by atoms with E-state index in [0.717, 1.165) is 25.8 Å². The maximum absolute atomic E-state index is 10.1. The maximum Gasteiger partial charge on any atom is 0.220 e. The van der Waals surface area contributed by atoms with Crippen LogP contribution in [0, 0.1) is 0 Å². The first-order valence-corrected chi connectivity index (χ1v) is 5.37. The third-order valence-corrected chi connectivity index (χ3v) is 1.74. The third kappa shape index (κ3) is 17.0. The lowest BCUT2D eigenvalue weighted by Gasteiger charge is -2.02. The summed E-state index contributed by atoms with van der Waals surface area (Å²) in [6.07, 6.45) is 2.51.